The van der Waals surface area contributed by atoms with Gasteiger partial charge in [-0.2, -0.15) is 0 Å². The fraction of sp³-hybridized carbons (Fsp3) is 0.450. The molecule has 1 aliphatic rings. The van der Waals surface area contributed by atoms with Gasteiger partial charge in [0.25, 0.3) is 0 Å². The molecule has 0 N–H and O–H groups in total. The van der Waals surface area contributed by atoms with Crippen LogP contribution in [0.25, 0.3) is 0 Å². The summed E-state index contributed by atoms with van der Waals surface area (Å²) in [6, 6.07) is 10.4. The zero-order chi connectivity index (χ0) is 17.8. The first kappa shape index (κ1) is 17.4. The molecule has 1 aromatic carbocycles. The van der Waals surface area contributed by atoms with E-state index in [1.165, 1.54) is 5.56 Å². The number of aryl methyl sites for hydroxylation is 1. The molecule has 5 heteroatoms. The SMILES string of the molecule is CC[C@H]1CN(c2ncnc(C)c2C)CCC(=O)N1Cc1ccccc1. The van der Waals surface area contributed by atoms with Crippen molar-refractivity contribution < 1.29 is 4.79 Å². The van der Waals surface area contributed by atoms with Crippen molar-refractivity contribution in [2.75, 3.05) is 18.0 Å². The summed E-state index contributed by atoms with van der Waals surface area (Å²) in [5.41, 5.74) is 3.27. The molecular weight excluding hydrogens is 312 g/mol. The van der Waals surface area contributed by atoms with Gasteiger partial charge in [-0.15, -0.1) is 0 Å². The third-order valence-electron chi connectivity index (χ3n) is 5.06. The van der Waals surface area contributed by atoms with Gasteiger partial charge in [-0.25, -0.2) is 9.97 Å². The van der Waals surface area contributed by atoms with Gasteiger partial charge in [-0.1, -0.05) is 37.3 Å². The maximum atomic E-state index is 12.8. The van der Waals surface area contributed by atoms with Gasteiger partial charge in [0.05, 0.1) is 0 Å². The Bertz CT molecular complexity index is 732. The minimum atomic E-state index is 0.185. The van der Waals surface area contributed by atoms with Crippen molar-refractivity contribution in [3.8, 4) is 0 Å². The summed E-state index contributed by atoms with van der Waals surface area (Å²) in [6.07, 6.45) is 3.07. The first-order valence-corrected chi connectivity index (χ1v) is 8.96. The van der Waals surface area contributed by atoms with Crippen molar-refractivity contribution >= 4 is 11.7 Å². The van der Waals surface area contributed by atoms with Crippen LogP contribution >= 0.6 is 0 Å². The van der Waals surface area contributed by atoms with Gasteiger partial charge >= 0.3 is 0 Å². The first-order valence-electron chi connectivity index (χ1n) is 8.96. The Morgan fingerprint density at radius 1 is 1.16 bits per heavy atom. The minimum absolute atomic E-state index is 0.185. The zero-order valence-corrected chi connectivity index (χ0v) is 15.3. The molecule has 5 nitrogen and oxygen atoms in total. The second kappa shape index (κ2) is 7.64. The molecule has 2 heterocycles. The average molecular weight is 338 g/mol. The number of amides is 1. The van der Waals surface area contributed by atoms with Crippen LogP contribution in [0.5, 0.6) is 0 Å². The molecule has 0 radical (unpaired) electrons. The van der Waals surface area contributed by atoms with E-state index in [0.29, 0.717) is 19.5 Å². The summed E-state index contributed by atoms with van der Waals surface area (Å²) < 4.78 is 0. The highest BCUT2D eigenvalue weighted by atomic mass is 16.2. The summed E-state index contributed by atoms with van der Waals surface area (Å²) in [6.45, 7) is 8.40. The van der Waals surface area contributed by atoms with E-state index in [2.05, 4.69) is 40.8 Å². The van der Waals surface area contributed by atoms with Crippen molar-refractivity contribution in [3.05, 3.63) is 53.5 Å². The van der Waals surface area contributed by atoms with E-state index in [9.17, 15) is 4.79 Å². The number of rotatable bonds is 4. The lowest BCUT2D eigenvalue weighted by molar-refractivity contribution is -0.133. The molecule has 1 aliphatic heterocycles. The van der Waals surface area contributed by atoms with Gasteiger partial charge in [-0.3, -0.25) is 4.79 Å². The Hall–Kier alpha value is -2.43. The van der Waals surface area contributed by atoms with E-state index in [-0.39, 0.29) is 11.9 Å². The van der Waals surface area contributed by atoms with Gasteiger partial charge in [0, 0.05) is 43.4 Å². The summed E-state index contributed by atoms with van der Waals surface area (Å²) in [7, 11) is 0. The average Bonchev–Trinajstić information content (AvgIpc) is 2.78. The topological polar surface area (TPSA) is 49.3 Å². The van der Waals surface area contributed by atoms with Crippen LogP contribution in [0.15, 0.2) is 36.7 Å². The van der Waals surface area contributed by atoms with Crippen LogP contribution in [0.1, 0.15) is 36.6 Å². The van der Waals surface area contributed by atoms with Crippen molar-refractivity contribution in [3.63, 3.8) is 0 Å². The molecule has 0 unspecified atom stereocenters. The third-order valence-corrected chi connectivity index (χ3v) is 5.06. The lowest BCUT2D eigenvalue weighted by Gasteiger charge is -2.32. The summed E-state index contributed by atoms with van der Waals surface area (Å²) in [4.78, 5) is 25.8. The Morgan fingerprint density at radius 3 is 2.64 bits per heavy atom. The molecule has 3 rings (SSSR count). The molecular formula is C20H26N4O. The van der Waals surface area contributed by atoms with E-state index in [4.69, 9.17) is 0 Å². The molecule has 0 aliphatic carbocycles. The molecule has 1 saturated heterocycles. The van der Waals surface area contributed by atoms with E-state index < -0.39 is 0 Å². The number of hydrogen-bond donors (Lipinski definition) is 0. The fourth-order valence-electron chi connectivity index (χ4n) is 3.41. The maximum Gasteiger partial charge on any atom is 0.224 e. The molecule has 25 heavy (non-hydrogen) atoms. The fourth-order valence-corrected chi connectivity index (χ4v) is 3.41. The third kappa shape index (κ3) is 3.81. The van der Waals surface area contributed by atoms with Gasteiger partial charge in [0.1, 0.15) is 12.1 Å². The quantitative estimate of drug-likeness (QED) is 0.859. The number of aromatic nitrogens is 2. The van der Waals surface area contributed by atoms with E-state index in [0.717, 1.165) is 30.0 Å². The van der Waals surface area contributed by atoms with Crippen molar-refractivity contribution in [2.45, 2.75) is 46.2 Å². The van der Waals surface area contributed by atoms with Crippen LogP contribution in [-0.4, -0.2) is 39.9 Å². The Kier molecular flexibility index (Phi) is 5.31. The van der Waals surface area contributed by atoms with E-state index in [1.54, 1.807) is 6.33 Å². The summed E-state index contributed by atoms with van der Waals surface area (Å²) >= 11 is 0. The van der Waals surface area contributed by atoms with Crippen molar-refractivity contribution in [2.24, 2.45) is 0 Å². The van der Waals surface area contributed by atoms with Crippen LogP contribution in [0.3, 0.4) is 0 Å². The number of nitrogens with zero attached hydrogens (tertiary/aromatic N) is 4. The number of benzene rings is 1. The molecule has 1 amide bonds. The Labute approximate surface area is 149 Å². The lowest BCUT2D eigenvalue weighted by Crippen LogP contribution is -2.42. The number of carbonyl (C=O) groups is 1. The second-order valence-electron chi connectivity index (χ2n) is 6.67. The zero-order valence-electron chi connectivity index (χ0n) is 15.3. The monoisotopic (exact) mass is 338 g/mol. The molecule has 1 fully saturated rings. The van der Waals surface area contributed by atoms with Crippen LogP contribution in [0.2, 0.25) is 0 Å². The highest BCUT2D eigenvalue weighted by molar-refractivity contribution is 5.78. The van der Waals surface area contributed by atoms with Gasteiger partial charge in [0.2, 0.25) is 5.91 Å². The summed E-state index contributed by atoms with van der Waals surface area (Å²) in [5.74, 6) is 1.18. The standard InChI is InChI=1S/C20H26N4O/c1-4-18-13-23(20-15(2)16(3)21-14-22-20)11-10-19(25)24(18)12-17-8-6-5-7-9-17/h5-9,14,18H,4,10-13H2,1-3H3/t18-/m0/s1. The molecule has 0 saturated carbocycles. The Balaban J connectivity index is 1.84. The van der Waals surface area contributed by atoms with Crippen LogP contribution in [-0.2, 0) is 11.3 Å². The van der Waals surface area contributed by atoms with Gasteiger partial charge in [0.15, 0.2) is 0 Å². The first-order chi connectivity index (χ1) is 12.1. The van der Waals surface area contributed by atoms with E-state index >= 15 is 0 Å². The second-order valence-corrected chi connectivity index (χ2v) is 6.67. The normalized spacial score (nSPS) is 18.4. The van der Waals surface area contributed by atoms with Crippen LogP contribution < -0.4 is 4.90 Å². The molecule has 1 aromatic heterocycles. The Morgan fingerprint density at radius 2 is 1.92 bits per heavy atom. The predicted molar refractivity (Wildman–Crippen MR) is 99.4 cm³/mol. The molecule has 132 valence electrons. The van der Waals surface area contributed by atoms with Gasteiger partial charge in [-0.05, 0) is 25.8 Å². The molecule has 0 bridgehead atoms. The van der Waals surface area contributed by atoms with Crippen LogP contribution in [0, 0.1) is 13.8 Å². The molecule has 1 atom stereocenters. The van der Waals surface area contributed by atoms with Gasteiger partial charge < -0.3 is 9.80 Å². The predicted octanol–water partition coefficient (Wildman–Crippen LogP) is 3.11. The van der Waals surface area contributed by atoms with Crippen LogP contribution in [0.4, 0.5) is 5.82 Å². The maximum absolute atomic E-state index is 12.8. The van der Waals surface area contributed by atoms with E-state index in [1.807, 2.05) is 30.0 Å². The molecule has 0 spiro atoms. The highest BCUT2D eigenvalue weighted by Gasteiger charge is 2.29. The van der Waals surface area contributed by atoms with Crippen molar-refractivity contribution in [1.29, 1.82) is 0 Å². The minimum Gasteiger partial charge on any atom is -0.354 e. The highest BCUT2D eigenvalue weighted by Crippen LogP contribution is 2.24. The van der Waals surface area contributed by atoms with Crippen molar-refractivity contribution in [1.82, 2.24) is 14.9 Å². The summed E-state index contributed by atoms with van der Waals surface area (Å²) in [5, 5.41) is 0. The largest absolute Gasteiger partial charge is 0.354 e. The number of hydrogen-bond acceptors (Lipinski definition) is 4. The lowest BCUT2D eigenvalue weighted by atomic mass is 10.1. The molecule has 2 aromatic rings. The number of carbonyl (C=O) groups excluding carboxylic acids is 1. The smallest absolute Gasteiger partial charge is 0.224 e. The number of anilines is 1.